The Morgan fingerprint density at radius 1 is 1.24 bits per heavy atom. The van der Waals surface area contributed by atoms with Crippen molar-refractivity contribution in [2.75, 3.05) is 18.4 Å². The van der Waals surface area contributed by atoms with Crippen LogP contribution in [0.2, 0.25) is 10.0 Å². The first-order valence-corrected chi connectivity index (χ1v) is 7.77. The second-order valence-corrected chi connectivity index (χ2v) is 6.41. The number of carbonyl (C=O) groups excluding carboxylic acids is 1. The molecule has 4 nitrogen and oxygen atoms in total. The maximum absolute atomic E-state index is 12.4. The molecule has 1 saturated heterocycles. The molecule has 1 heterocycles. The van der Waals surface area contributed by atoms with Crippen LogP contribution in [0.5, 0.6) is 0 Å². The highest BCUT2D eigenvalue weighted by Gasteiger charge is 2.29. The van der Waals surface area contributed by atoms with Crippen molar-refractivity contribution in [1.29, 1.82) is 0 Å². The molecule has 1 amide bonds. The Kier molecular flexibility index (Phi) is 5.49. The number of ether oxygens (including phenoxy) is 1. The van der Waals surface area contributed by atoms with Crippen LogP contribution >= 0.6 is 23.2 Å². The Bertz CT molecular complexity index is 494. The van der Waals surface area contributed by atoms with E-state index in [-0.39, 0.29) is 24.2 Å². The molecule has 0 aromatic heterocycles. The minimum absolute atomic E-state index is 0.0744. The van der Waals surface area contributed by atoms with Crippen LogP contribution in [0.25, 0.3) is 0 Å². The third-order valence-corrected chi connectivity index (χ3v) is 3.94. The van der Waals surface area contributed by atoms with Gasteiger partial charge in [0.05, 0.1) is 18.2 Å². The van der Waals surface area contributed by atoms with Crippen molar-refractivity contribution < 1.29 is 9.53 Å². The van der Waals surface area contributed by atoms with E-state index < -0.39 is 0 Å². The van der Waals surface area contributed by atoms with Crippen LogP contribution in [0.4, 0.5) is 5.69 Å². The molecule has 116 valence electrons. The van der Waals surface area contributed by atoms with Crippen molar-refractivity contribution in [2.24, 2.45) is 0 Å². The number of halogens is 2. The molecular formula is C15H20Cl2N2O2. The van der Waals surface area contributed by atoms with Gasteiger partial charge < -0.3 is 10.1 Å². The van der Waals surface area contributed by atoms with Gasteiger partial charge in [-0.1, -0.05) is 23.2 Å². The first-order valence-electron chi connectivity index (χ1n) is 7.01. The number of benzene rings is 1. The van der Waals surface area contributed by atoms with Gasteiger partial charge in [0.2, 0.25) is 5.91 Å². The highest BCUT2D eigenvalue weighted by atomic mass is 35.5. The summed E-state index contributed by atoms with van der Waals surface area (Å²) in [6.07, 6.45) is 0.259. The second-order valence-electron chi connectivity index (χ2n) is 5.53. The third-order valence-electron chi connectivity index (χ3n) is 3.51. The highest BCUT2D eigenvalue weighted by molar-refractivity contribution is 6.35. The van der Waals surface area contributed by atoms with Gasteiger partial charge in [-0.2, -0.15) is 0 Å². The van der Waals surface area contributed by atoms with E-state index in [1.54, 1.807) is 18.2 Å². The molecule has 3 atom stereocenters. The van der Waals surface area contributed by atoms with E-state index in [4.69, 9.17) is 27.9 Å². The lowest BCUT2D eigenvalue weighted by Gasteiger charge is -2.38. The number of hydrogen-bond donors (Lipinski definition) is 1. The second kappa shape index (κ2) is 6.97. The monoisotopic (exact) mass is 330 g/mol. The largest absolute Gasteiger partial charge is 0.373 e. The van der Waals surface area contributed by atoms with Crippen LogP contribution in [-0.2, 0) is 9.53 Å². The lowest BCUT2D eigenvalue weighted by Crippen LogP contribution is -2.52. The molecule has 0 bridgehead atoms. The lowest BCUT2D eigenvalue weighted by atomic mass is 10.1. The number of rotatable bonds is 3. The quantitative estimate of drug-likeness (QED) is 0.923. The van der Waals surface area contributed by atoms with Gasteiger partial charge in [0.1, 0.15) is 0 Å². The molecule has 1 fully saturated rings. The normalized spacial score (nSPS) is 24.6. The van der Waals surface area contributed by atoms with Crippen LogP contribution < -0.4 is 5.32 Å². The third kappa shape index (κ3) is 4.58. The number of carbonyl (C=O) groups is 1. The number of nitrogens with zero attached hydrogens (tertiary/aromatic N) is 1. The number of amides is 1. The minimum Gasteiger partial charge on any atom is -0.373 e. The Morgan fingerprint density at radius 3 is 2.29 bits per heavy atom. The fourth-order valence-corrected chi connectivity index (χ4v) is 3.10. The molecule has 0 unspecified atom stereocenters. The van der Waals surface area contributed by atoms with Gasteiger partial charge in [-0.05, 0) is 39.0 Å². The molecule has 1 aromatic carbocycles. The highest BCUT2D eigenvalue weighted by Crippen LogP contribution is 2.23. The van der Waals surface area contributed by atoms with E-state index in [9.17, 15) is 4.79 Å². The Morgan fingerprint density at radius 2 is 1.76 bits per heavy atom. The van der Waals surface area contributed by atoms with Gasteiger partial charge in [0.15, 0.2) is 0 Å². The van der Waals surface area contributed by atoms with Crippen LogP contribution in [0.15, 0.2) is 18.2 Å². The molecule has 0 aliphatic carbocycles. The Balaban J connectivity index is 2.02. The predicted molar refractivity (Wildman–Crippen MR) is 86.1 cm³/mol. The molecular weight excluding hydrogens is 311 g/mol. The SMILES string of the molecule is C[C@H]1CN([C@@H](C)C(=O)Nc2cc(Cl)cc(Cl)c2)C[C@H](C)O1. The average molecular weight is 331 g/mol. The summed E-state index contributed by atoms with van der Waals surface area (Å²) >= 11 is 11.9. The Labute approximate surface area is 135 Å². The van der Waals surface area contributed by atoms with E-state index in [1.807, 2.05) is 20.8 Å². The van der Waals surface area contributed by atoms with Gasteiger partial charge >= 0.3 is 0 Å². The maximum atomic E-state index is 12.4. The van der Waals surface area contributed by atoms with Gasteiger partial charge in [-0.25, -0.2) is 0 Å². The summed E-state index contributed by atoms with van der Waals surface area (Å²) in [4.78, 5) is 14.5. The molecule has 0 radical (unpaired) electrons. The molecule has 1 N–H and O–H groups in total. The molecule has 1 aromatic rings. The van der Waals surface area contributed by atoms with E-state index in [0.717, 1.165) is 13.1 Å². The van der Waals surface area contributed by atoms with E-state index in [1.165, 1.54) is 0 Å². The van der Waals surface area contributed by atoms with E-state index in [0.29, 0.717) is 15.7 Å². The number of morpholine rings is 1. The smallest absolute Gasteiger partial charge is 0.241 e. The molecule has 21 heavy (non-hydrogen) atoms. The average Bonchev–Trinajstić information content (AvgIpc) is 2.35. The fraction of sp³-hybridized carbons (Fsp3) is 0.533. The van der Waals surface area contributed by atoms with Crippen molar-refractivity contribution in [3.63, 3.8) is 0 Å². The van der Waals surface area contributed by atoms with Gasteiger partial charge in [0, 0.05) is 28.8 Å². The van der Waals surface area contributed by atoms with Crippen molar-refractivity contribution in [3.05, 3.63) is 28.2 Å². The van der Waals surface area contributed by atoms with Gasteiger partial charge in [-0.15, -0.1) is 0 Å². The summed E-state index contributed by atoms with van der Waals surface area (Å²) in [7, 11) is 0. The fourth-order valence-electron chi connectivity index (χ4n) is 2.57. The van der Waals surface area contributed by atoms with E-state index >= 15 is 0 Å². The van der Waals surface area contributed by atoms with Crippen LogP contribution in [0.1, 0.15) is 20.8 Å². The topological polar surface area (TPSA) is 41.6 Å². The summed E-state index contributed by atoms with van der Waals surface area (Å²) in [5, 5.41) is 3.86. The van der Waals surface area contributed by atoms with Crippen molar-refractivity contribution >= 4 is 34.8 Å². The molecule has 2 rings (SSSR count). The molecule has 0 spiro atoms. The van der Waals surface area contributed by atoms with Crippen molar-refractivity contribution in [1.82, 2.24) is 4.90 Å². The zero-order valence-electron chi connectivity index (χ0n) is 12.4. The standard InChI is InChI=1S/C15H20Cl2N2O2/c1-9-7-19(8-10(2)21-9)11(3)15(20)18-14-5-12(16)4-13(17)6-14/h4-6,9-11H,7-8H2,1-3H3,(H,18,20)/t9-,10-,11-/m0/s1. The Hall–Kier alpha value is -0.810. The predicted octanol–water partition coefficient (Wildman–Crippen LogP) is 3.43. The van der Waals surface area contributed by atoms with Crippen LogP contribution in [0, 0.1) is 0 Å². The molecule has 1 aliphatic heterocycles. The first kappa shape index (κ1) is 16.6. The van der Waals surface area contributed by atoms with Gasteiger partial charge in [-0.3, -0.25) is 9.69 Å². The lowest BCUT2D eigenvalue weighted by molar-refractivity contribution is -0.126. The molecule has 0 saturated carbocycles. The maximum Gasteiger partial charge on any atom is 0.241 e. The summed E-state index contributed by atoms with van der Waals surface area (Å²) in [6.45, 7) is 7.42. The number of hydrogen-bond acceptors (Lipinski definition) is 3. The summed E-state index contributed by atoms with van der Waals surface area (Å²) in [5.74, 6) is -0.0744. The summed E-state index contributed by atoms with van der Waals surface area (Å²) in [5.41, 5.74) is 0.610. The molecule has 6 heteroatoms. The van der Waals surface area contributed by atoms with Crippen LogP contribution in [-0.4, -0.2) is 42.1 Å². The zero-order valence-corrected chi connectivity index (χ0v) is 13.9. The first-order chi connectivity index (χ1) is 9.85. The summed E-state index contributed by atoms with van der Waals surface area (Å²) in [6, 6.07) is 4.76. The minimum atomic E-state index is -0.239. The van der Waals surface area contributed by atoms with E-state index in [2.05, 4.69) is 10.2 Å². The summed E-state index contributed by atoms with van der Waals surface area (Å²) < 4.78 is 5.69. The van der Waals surface area contributed by atoms with Gasteiger partial charge in [0.25, 0.3) is 0 Å². The van der Waals surface area contributed by atoms with Crippen LogP contribution in [0.3, 0.4) is 0 Å². The van der Waals surface area contributed by atoms with Crippen molar-refractivity contribution in [2.45, 2.75) is 39.0 Å². The van der Waals surface area contributed by atoms with Crippen molar-refractivity contribution in [3.8, 4) is 0 Å². The number of anilines is 1. The molecule has 1 aliphatic rings. The zero-order chi connectivity index (χ0) is 15.6. The number of nitrogens with one attached hydrogen (secondary N) is 1.